The van der Waals surface area contributed by atoms with Crippen molar-refractivity contribution >= 4 is 0 Å². The number of aliphatic hydroxyl groups excluding tert-OH is 2. The summed E-state index contributed by atoms with van der Waals surface area (Å²) in [4.78, 5) is 25.1. The minimum absolute atomic E-state index is 0.0171. The molecule has 0 saturated carbocycles. The van der Waals surface area contributed by atoms with E-state index in [1.165, 1.54) is 6.20 Å². The van der Waals surface area contributed by atoms with Gasteiger partial charge < -0.3 is 25.4 Å². The average molecular weight is 357 g/mol. The fraction of sp³-hybridized carbons (Fsp3) is 0.750. The molecule has 1 aromatic rings. The van der Waals surface area contributed by atoms with Gasteiger partial charge in [-0.3, -0.25) is 14.3 Å². The molecule has 1 aromatic heterocycles. The summed E-state index contributed by atoms with van der Waals surface area (Å²) in [6, 6.07) is 1.14. The normalized spacial score (nSPS) is 27.6. The molecule has 1 saturated heterocycles. The Morgan fingerprint density at radius 2 is 1.92 bits per heavy atom. The molecular weight excluding hydrogens is 330 g/mol. The van der Waals surface area contributed by atoms with Crippen LogP contribution in [0.25, 0.3) is 0 Å². The SMILES string of the molecule is CC(C)(CN)C(C)(C)OC[C@H]1O[C@@H](n2ccc(=O)[nH]c2=O)[C@@H](O)C1O. The lowest BCUT2D eigenvalue weighted by atomic mass is 9.77. The van der Waals surface area contributed by atoms with Gasteiger partial charge in [-0.1, -0.05) is 13.8 Å². The quantitative estimate of drug-likeness (QED) is 0.508. The van der Waals surface area contributed by atoms with Crippen LogP contribution in [0.5, 0.6) is 0 Å². The van der Waals surface area contributed by atoms with E-state index in [0.29, 0.717) is 6.54 Å². The van der Waals surface area contributed by atoms with E-state index in [1.807, 2.05) is 27.7 Å². The molecule has 1 aliphatic rings. The molecule has 2 rings (SSSR count). The van der Waals surface area contributed by atoms with Crippen LogP contribution in [0.4, 0.5) is 0 Å². The zero-order valence-electron chi connectivity index (χ0n) is 14.9. The van der Waals surface area contributed by atoms with Crippen molar-refractivity contribution in [2.45, 2.75) is 57.8 Å². The van der Waals surface area contributed by atoms with Crippen molar-refractivity contribution in [2.24, 2.45) is 11.1 Å². The summed E-state index contributed by atoms with van der Waals surface area (Å²) in [6.07, 6.45) is -3.29. The summed E-state index contributed by atoms with van der Waals surface area (Å²) >= 11 is 0. The minimum atomic E-state index is -1.33. The highest BCUT2D eigenvalue weighted by molar-refractivity contribution is 4.94. The number of hydrogen-bond acceptors (Lipinski definition) is 7. The first-order valence-electron chi connectivity index (χ1n) is 8.17. The van der Waals surface area contributed by atoms with Gasteiger partial charge in [0.05, 0.1) is 12.2 Å². The number of aromatic amines is 1. The summed E-state index contributed by atoms with van der Waals surface area (Å²) in [7, 11) is 0. The predicted molar refractivity (Wildman–Crippen MR) is 90.1 cm³/mol. The minimum Gasteiger partial charge on any atom is -0.387 e. The lowest BCUT2D eigenvalue weighted by molar-refractivity contribution is -0.141. The lowest BCUT2D eigenvalue weighted by Crippen LogP contribution is -2.48. The van der Waals surface area contributed by atoms with Crippen molar-refractivity contribution < 1.29 is 19.7 Å². The second-order valence-corrected chi connectivity index (χ2v) is 7.47. The van der Waals surface area contributed by atoms with Crippen molar-refractivity contribution in [3.8, 4) is 0 Å². The smallest absolute Gasteiger partial charge is 0.330 e. The number of aromatic nitrogens is 2. The Balaban J connectivity index is 2.12. The maximum absolute atomic E-state index is 11.9. The van der Waals surface area contributed by atoms with E-state index < -0.39 is 41.4 Å². The number of H-pyrrole nitrogens is 1. The first kappa shape index (κ1) is 19.8. The second kappa shape index (κ2) is 7.00. The highest BCUT2D eigenvalue weighted by atomic mass is 16.6. The topological polar surface area (TPSA) is 140 Å². The Hall–Kier alpha value is -1.52. The van der Waals surface area contributed by atoms with Gasteiger partial charge in [0.25, 0.3) is 5.56 Å². The van der Waals surface area contributed by atoms with Gasteiger partial charge in [-0.05, 0) is 13.8 Å². The van der Waals surface area contributed by atoms with E-state index in [0.717, 1.165) is 10.6 Å². The van der Waals surface area contributed by atoms with Crippen molar-refractivity contribution in [2.75, 3.05) is 13.2 Å². The maximum Gasteiger partial charge on any atom is 0.330 e. The van der Waals surface area contributed by atoms with Crippen molar-refractivity contribution in [3.05, 3.63) is 33.1 Å². The number of nitrogens with zero attached hydrogens (tertiary/aromatic N) is 1. The number of hydrogen-bond donors (Lipinski definition) is 4. The molecule has 0 aliphatic carbocycles. The summed E-state index contributed by atoms with van der Waals surface area (Å²) in [5.41, 5.74) is 3.59. The van der Waals surface area contributed by atoms with Crippen molar-refractivity contribution in [3.63, 3.8) is 0 Å². The molecule has 4 atom stereocenters. The van der Waals surface area contributed by atoms with Crippen LogP contribution >= 0.6 is 0 Å². The molecule has 0 amide bonds. The third-order valence-electron chi connectivity index (χ3n) is 5.21. The van der Waals surface area contributed by atoms with Gasteiger partial charge in [-0.25, -0.2) is 4.79 Å². The molecule has 142 valence electrons. The second-order valence-electron chi connectivity index (χ2n) is 7.47. The highest BCUT2D eigenvalue weighted by Gasteiger charge is 2.46. The molecule has 0 spiro atoms. The molecule has 25 heavy (non-hydrogen) atoms. The van der Waals surface area contributed by atoms with Gasteiger partial charge in [0.2, 0.25) is 0 Å². The predicted octanol–water partition coefficient (Wildman–Crippen LogP) is -1.06. The fourth-order valence-corrected chi connectivity index (χ4v) is 2.46. The van der Waals surface area contributed by atoms with Crippen LogP contribution in [-0.2, 0) is 9.47 Å². The van der Waals surface area contributed by atoms with Gasteiger partial charge in [0, 0.05) is 24.2 Å². The van der Waals surface area contributed by atoms with Crippen LogP contribution in [0.1, 0.15) is 33.9 Å². The van der Waals surface area contributed by atoms with Crippen LogP contribution in [0.2, 0.25) is 0 Å². The summed E-state index contributed by atoms with van der Waals surface area (Å²) in [5.74, 6) is 0. The molecule has 9 nitrogen and oxygen atoms in total. The van der Waals surface area contributed by atoms with Gasteiger partial charge in [-0.2, -0.15) is 0 Å². The summed E-state index contributed by atoms with van der Waals surface area (Å²) in [6.45, 7) is 8.14. The van der Waals surface area contributed by atoms with Crippen LogP contribution in [0, 0.1) is 5.41 Å². The molecule has 1 unspecified atom stereocenters. The maximum atomic E-state index is 11.9. The Bertz CT molecular complexity index is 710. The number of rotatable bonds is 6. The molecule has 0 radical (unpaired) electrons. The molecule has 5 N–H and O–H groups in total. The van der Waals surface area contributed by atoms with Gasteiger partial charge in [-0.15, -0.1) is 0 Å². The Morgan fingerprint density at radius 3 is 2.48 bits per heavy atom. The Labute approximate surface area is 145 Å². The molecule has 0 aromatic carbocycles. The first-order chi connectivity index (χ1) is 11.5. The number of ether oxygens (including phenoxy) is 2. The Kier molecular flexibility index (Phi) is 5.55. The largest absolute Gasteiger partial charge is 0.387 e. The standard InChI is InChI=1S/C16H27N3O6/c1-15(2,8-17)16(3,4)24-7-9-11(21)12(22)13(25-9)19-6-5-10(20)18-14(19)23/h5-6,9,11-13,21-22H,7-8,17H2,1-4H3,(H,18,20,23)/t9-,11?,12+,13-/m1/s1. The van der Waals surface area contributed by atoms with Gasteiger partial charge in [0.15, 0.2) is 6.23 Å². The number of aliphatic hydroxyl groups is 2. The fourth-order valence-electron chi connectivity index (χ4n) is 2.46. The van der Waals surface area contributed by atoms with E-state index >= 15 is 0 Å². The van der Waals surface area contributed by atoms with Crippen molar-refractivity contribution in [1.82, 2.24) is 9.55 Å². The number of nitrogens with two attached hydrogens (primary N) is 1. The summed E-state index contributed by atoms with van der Waals surface area (Å²) in [5, 5.41) is 20.4. The average Bonchev–Trinajstić information content (AvgIpc) is 2.81. The van der Waals surface area contributed by atoms with E-state index in [9.17, 15) is 19.8 Å². The molecule has 2 heterocycles. The van der Waals surface area contributed by atoms with Crippen molar-refractivity contribution in [1.29, 1.82) is 0 Å². The van der Waals surface area contributed by atoms with Crippen LogP contribution in [0.15, 0.2) is 21.9 Å². The van der Waals surface area contributed by atoms with Crippen LogP contribution < -0.4 is 17.0 Å². The van der Waals surface area contributed by atoms with Crippen LogP contribution in [0.3, 0.4) is 0 Å². The third kappa shape index (κ3) is 3.85. The molecule has 1 aliphatic heterocycles. The van der Waals surface area contributed by atoms with E-state index in [4.69, 9.17) is 15.2 Å². The summed E-state index contributed by atoms with van der Waals surface area (Å²) < 4.78 is 12.6. The zero-order chi connectivity index (χ0) is 19.0. The molecular formula is C16H27N3O6. The van der Waals surface area contributed by atoms with E-state index in [-0.39, 0.29) is 12.0 Å². The van der Waals surface area contributed by atoms with Gasteiger partial charge in [0.1, 0.15) is 18.3 Å². The number of nitrogens with one attached hydrogen (secondary N) is 1. The third-order valence-corrected chi connectivity index (χ3v) is 5.21. The van der Waals surface area contributed by atoms with E-state index in [1.54, 1.807) is 0 Å². The zero-order valence-corrected chi connectivity index (χ0v) is 14.9. The first-order valence-corrected chi connectivity index (χ1v) is 8.17. The Morgan fingerprint density at radius 1 is 1.28 bits per heavy atom. The van der Waals surface area contributed by atoms with Gasteiger partial charge >= 0.3 is 5.69 Å². The molecule has 1 fully saturated rings. The van der Waals surface area contributed by atoms with Crippen LogP contribution in [-0.4, -0.2) is 56.8 Å². The van der Waals surface area contributed by atoms with E-state index in [2.05, 4.69) is 4.98 Å². The highest BCUT2D eigenvalue weighted by Crippen LogP contribution is 2.35. The molecule has 9 heteroatoms. The molecule has 0 bridgehead atoms. The monoisotopic (exact) mass is 357 g/mol. The lowest BCUT2D eigenvalue weighted by Gasteiger charge is -2.41.